The molecule has 0 bridgehead atoms. The van der Waals surface area contributed by atoms with Crippen LogP contribution in [0.4, 0.5) is 0 Å². The molecular formula is C22H23NO2. The molecule has 0 unspecified atom stereocenters. The quantitative estimate of drug-likeness (QED) is 0.749. The van der Waals surface area contributed by atoms with Gasteiger partial charge in [-0.05, 0) is 44.4 Å². The average Bonchev–Trinajstić information content (AvgIpc) is 2.82. The van der Waals surface area contributed by atoms with Crippen molar-refractivity contribution >= 4 is 23.2 Å². The van der Waals surface area contributed by atoms with E-state index in [4.69, 9.17) is 0 Å². The number of allylic oxidation sites excluding steroid dienone is 3. The lowest BCUT2D eigenvalue weighted by molar-refractivity contribution is -0.117. The normalized spacial score (nSPS) is 13.6. The maximum absolute atomic E-state index is 12.9. The number of aryl methyl sites for hydroxylation is 1. The second kappa shape index (κ2) is 7.06. The molecule has 1 aliphatic carbocycles. The fourth-order valence-corrected chi connectivity index (χ4v) is 3.24. The predicted molar refractivity (Wildman–Crippen MR) is 101 cm³/mol. The third-order valence-electron chi connectivity index (χ3n) is 4.80. The molecule has 0 spiro atoms. The highest BCUT2D eigenvalue weighted by Gasteiger charge is 2.19. The molecular weight excluding hydrogens is 310 g/mol. The van der Waals surface area contributed by atoms with Gasteiger partial charge in [0.15, 0.2) is 5.78 Å². The van der Waals surface area contributed by atoms with Crippen LogP contribution < -0.4 is 0 Å². The Labute approximate surface area is 148 Å². The lowest BCUT2D eigenvalue weighted by atomic mass is 10.0. The van der Waals surface area contributed by atoms with E-state index in [-0.39, 0.29) is 11.6 Å². The minimum absolute atomic E-state index is 0.0731. The molecule has 1 aromatic carbocycles. The minimum Gasteiger partial charge on any atom is -0.348 e. The number of carbonyl (C=O) groups is 2. The highest BCUT2D eigenvalue weighted by Crippen LogP contribution is 2.31. The molecule has 0 aliphatic heterocycles. The number of Topliss-reactive ketones (excluding diaryl/α,β-unsaturated/α-hetero) is 2. The van der Waals surface area contributed by atoms with Gasteiger partial charge in [0.1, 0.15) is 5.78 Å². The SMILES string of the molecule is CC(=O)CCc1cc2c(n1C)C=C(C(=O)c1ccccc1)CC=C2C. The maximum Gasteiger partial charge on any atom is 0.189 e. The first-order chi connectivity index (χ1) is 12.0. The molecule has 25 heavy (non-hydrogen) atoms. The minimum atomic E-state index is 0.0731. The van der Waals surface area contributed by atoms with Crippen molar-refractivity contribution in [1.29, 1.82) is 0 Å². The Morgan fingerprint density at radius 2 is 1.88 bits per heavy atom. The van der Waals surface area contributed by atoms with Crippen LogP contribution in [0.3, 0.4) is 0 Å². The second-order valence-corrected chi connectivity index (χ2v) is 6.65. The average molecular weight is 333 g/mol. The van der Waals surface area contributed by atoms with Gasteiger partial charge in [-0.1, -0.05) is 36.4 Å². The summed E-state index contributed by atoms with van der Waals surface area (Å²) in [4.78, 5) is 24.2. The van der Waals surface area contributed by atoms with Crippen LogP contribution in [-0.2, 0) is 18.3 Å². The summed E-state index contributed by atoms with van der Waals surface area (Å²) < 4.78 is 2.11. The molecule has 2 aromatic rings. The molecule has 1 heterocycles. The van der Waals surface area contributed by atoms with Gasteiger partial charge < -0.3 is 9.36 Å². The summed E-state index contributed by atoms with van der Waals surface area (Å²) in [6.07, 6.45) is 6.03. The Morgan fingerprint density at radius 3 is 2.56 bits per heavy atom. The van der Waals surface area contributed by atoms with Crippen molar-refractivity contribution in [3.63, 3.8) is 0 Å². The van der Waals surface area contributed by atoms with E-state index in [0.29, 0.717) is 18.4 Å². The first-order valence-electron chi connectivity index (χ1n) is 8.63. The van der Waals surface area contributed by atoms with Crippen LogP contribution in [0.1, 0.15) is 54.0 Å². The van der Waals surface area contributed by atoms with E-state index in [1.807, 2.05) is 43.5 Å². The largest absolute Gasteiger partial charge is 0.348 e. The molecule has 1 aliphatic rings. The van der Waals surface area contributed by atoms with E-state index < -0.39 is 0 Å². The Bertz CT molecular complexity index is 882. The lowest BCUT2D eigenvalue weighted by Gasteiger charge is -2.07. The monoisotopic (exact) mass is 333 g/mol. The van der Waals surface area contributed by atoms with Gasteiger partial charge in [-0.2, -0.15) is 0 Å². The smallest absolute Gasteiger partial charge is 0.189 e. The van der Waals surface area contributed by atoms with Gasteiger partial charge in [-0.15, -0.1) is 0 Å². The molecule has 3 nitrogen and oxygen atoms in total. The van der Waals surface area contributed by atoms with Crippen molar-refractivity contribution < 1.29 is 9.59 Å². The fraction of sp³-hybridized carbons (Fsp3) is 0.273. The summed E-state index contributed by atoms with van der Waals surface area (Å²) in [7, 11) is 2.01. The number of carbonyl (C=O) groups excluding carboxylic acids is 2. The lowest BCUT2D eigenvalue weighted by Crippen LogP contribution is -2.05. The summed E-state index contributed by atoms with van der Waals surface area (Å²) in [5.74, 6) is 0.267. The zero-order valence-electron chi connectivity index (χ0n) is 15.0. The summed E-state index contributed by atoms with van der Waals surface area (Å²) in [5, 5.41) is 0. The summed E-state index contributed by atoms with van der Waals surface area (Å²) in [6, 6.07) is 11.6. The van der Waals surface area contributed by atoms with Gasteiger partial charge in [0.25, 0.3) is 0 Å². The zero-order chi connectivity index (χ0) is 18.0. The fourth-order valence-electron chi connectivity index (χ4n) is 3.24. The van der Waals surface area contributed by atoms with Gasteiger partial charge in [0, 0.05) is 41.6 Å². The number of fused-ring (bicyclic) bond motifs is 1. The summed E-state index contributed by atoms with van der Waals surface area (Å²) in [5.41, 5.74) is 6.00. The van der Waals surface area contributed by atoms with Gasteiger partial charge in [0.05, 0.1) is 0 Å². The topological polar surface area (TPSA) is 39.1 Å². The maximum atomic E-state index is 12.9. The van der Waals surface area contributed by atoms with Gasteiger partial charge in [-0.25, -0.2) is 0 Å². The van der Waals surface area contributed by atoms with E-state index in [1.165, 1.54) is 5.57 Å². The van der Waals surface area contributed by atoms with Crippen LogP contribution in [0.25, 0.3) is 11.6 Å². The van der Waals surface area contributed by atoms with Crippen molar-refractivity contribution in [2.45, 2.75) is 33.1 Å². The van der Waals surface area contributed by atoms with Crippen molar-refractivity contribution in [2.75, 3.05) is 0 Å². The van der Waals surface area contributed by atoms with Crippen molar-refractivity contribution in [3.05, 3.63) is 70.6 Å². The van der Waals surface area contributed by atoms with E-state index in [9.17, 15) is 9.59 Å². The van der Waals surface area contributed by atoms with Crippen LogP contribution in [-0.4, -0.2) is 16.1 Å². The Morgan fingerprint density at radius 1 is 1.16 bits per heavy atom. The van der Waals surface area contributed by atoms with Crippen molar-refractivity contribution in [1.82, 2.24) is 4.57 Å². The second-order valence-electron chi connectivity index (χ2n) is 6.65. The number of aromatic nitrogens is 1. The number of nitrogens with zero attached hydrogens (tertiary/aromatic N) is 1. The van der Waals surface area contributed by atoms with Crippen molar-refractivity contribution in [2.24, 2.45) is 7.05 Å². The van der Waals surface area contributed by atoms with Crippen LogP contribution in [0, 0.1) is 0 Å². The Kier molecular flexibility index (Phi) is 4.84. The number of ketones is 2. The first kappa shape index (κ1) is 17.2. The molecule has 128 valence electrons. The Balaban J connectivity index is 2.00. The Hall–Kier alpha value is -2.68. The van der Waals surface area contributed by atoms with Gasteiger partial charge in [0.2, 0.25) is 0 Å². The summed E-state index contributed by atoms with van der Waals surface area (Å²) in [6.45, 7) is 3.70. The number of rotatable bonds is 5. The molecule has 0 fully saturated rings. The van der Waals surface area contributed by atoms with E-state index >= 15 is 0 Å². The zero-order valence-corrected chi connectivity index (χ0v) is 15.0. The molecule has 3 heteroatoms. The van der Waals surface area contributed by atoms with E-state index in [1.54, 1.807) is 6.92 Å². The molecule has 0 saturated heterocycles. The third-order valence-corrected chi connectivity index (χ3v) is 4.80. The van der Waals surface area contributed by atoms with Crippen LogP contribution in [0.5, 0.6) is 0 Å². The standard InChI is InChI=1S/C22H23NO2/c1-15-9-11-18(22(25)17-7-5-4-6-8-17)13-21-20(15)14-19(23(21)3)12-10-16(2)24/h4-9,13-14H,10-12H2,1-3H3. The van der Waals surface area contributed by atoms with E-state index in [2.05, 4.69) is 23.6 Å². The molecule has 0 N–H and O–H groups in total. The van der Waals surface area contributed by atoms with Crippen LogP contribution in [0.2, 0.25) is 0 Å². The van der Waals surface area contributed by atoms with Crippen molar-refractivity contribution in [3.8, 4) is 0 Å². The van der Waals surface area contributed by atoms with Gasteiger partial charge in [-0.3, -0.25) is 4.79 Å². The highest BCUT2D eigenvalue weighted by atomic mass is 16.1. The van der Waals surface area contributed by atoms with Crippen LogP contribution >= 0.6 is 0 Å². The molecule has 0 amide bonds. The molecule has 0 radical (unpaired) electrons. The predicted octanol–water partition coefficient (Wildman–Crippen LogP) is 4.62. The summed E-state index contributed by atoms with van der Waals surface area (Å²) >= 11 is 0. The number of hydrogen-bond donors (Lipinski definition) is 0. The number of benzene rings is 1. The molecule has 1 aromatic heterocycles. The van der Waals surface area contributed by atoms with Crippen LogP contribution in [0.15, 0.2) is 48.0 Å². The number of hydrogen-bond acceptors (Lipinski definition) is 2. The third kappa shape index (κ3) is 3.55. The molecule has 3 rings (SSSR count). The molecule has 0 atom stereocenters. The van der Waals surface area contributed by atoms with E-state index in [0.717, 1.165) is 28.9 Å². The first-order valence-corrected chi connectivity index (χ1v) is 8.63. The highest BCUT2D eigenvalue weighted by molar-refractivity contribution is 6.12. The van der Waals surface area contributed by atoms with Gasteiger partial charge >= 0.3 is 0 Å². The molecule has 0 saturated carbocycles.